The van der Waals surface area contributed by atoms with Crippen molar-refractivity contribution in [3.8, 4) is 0 Å². The van der Waals surface area contributed by atoms with Crippen molar-refractivity contribution in [2.75, 3.05) is 46.3 Å². The van der Waals surface area contributed by atoms with E-state index >= 15 is 0 Å². The minimum atomic E-state index is -0.283. The summed E-state index contributed by atoms with van der Waals surface area (Å²) < 4.78 is 0. The van der Waals surface area contributed by atoms with Crippen LogP contribution in [0.1, 0.15) is 26.7 Å². The van der Waals surface area contributed by atoms with Crippen LogP contribution in [0.2, 0.25) is 0 Å². The van der Waals surface area contributed by atoms with E-state index in [0.29, 0.717) is 39.0 Å². The highest BCUT2D eigenvalue weighted by molar-refractivity contribution is 5.82. The Hall–Kier alpha value is -1.63. The Labute approximate surface area is 132 Å². The van der Waals surface area contributed by atoms with E-state index in [0.717, 1.165) is 0 Å². The molecule has 22 heavy (non-hydrogen) atoms. The zero-order chi connectivity index (χ0) is 16.7. The van der Waals surface area contributed by atoms with Crippen LogP contribution in [0.15, 0.2) is 0 Å². The highest BCUT2D eigenvalue weighted by atomic mass is 16.2. The van der Waals surface area contributed by atoms with E-state index in [4.69, 9.17) is 5.73 Å². The van der Waals surface area contributed by atoms with Gasteiger partial charge in [-0.1, -0.05) is 0 Å². The predicted octanol–water partition coefficient (Wildman–Crippen LogP) is -0.489. The highest BCUT2D eigenvalue weighted by Crippen LogP contribution is 2.16. The molecule has 1 heterocycles. The fourth-order valence-electron chi connectivity index (χ4n) is 2.71. The molecule has 3 amide bonds. The van der Waals surface area contributed by atoms with Crippen molar-refractivity contribution in [3.05, 3.63) is 0 Å². The molecule has 1 rings (SSSR count). The Kier molecular flexibility index (Phi) is 7.31. The quantitative estimate of drug-likeness (QED) is 0.687. The van der Waals surface area contributed by atoms with Gasteiger partial charge in [0, 0.05) is 32.1 Å². The molecule has 0 radical (unpaired) electrons. The lowest BCUT2D eigenvalue weighted by molar-refractivity contribution is -0.137. The maximum atomic E-state index is 12.2. The van der Waals surface area contributed by atoms with Crippen LogP contribution >= 0.6 is 0 Å². The zero-order valence-electron chi connectivity index (χ0n) is 13.9. The topological polar surface area (TPSA) is 87.0 Å². The molecule has 0 spiro atoms. The molecule has 1 fully saturated rings. The summed E-state index contributed by atoms with van der Waals surface area (Å²) in [5.74, 6) is -0.370. The van der Waals surface area contributed by atoms with Gasteiger partial charge in [-0.15, -0.1) is 0 Å². The normalized spacial score (nSPS) is 15.9. The van der Waals surface area contributed by atoms with E-state index in [2.05, 4.69) is 0 Å². The minimum Gasteiger partial charge on any atom is -0.369 e. The molecule has 0 unspecified atom stereocenters. The molecule has 0 atom stereocenters. The van der Waals surface area contributed by atoms with Crippen LogP contribution in [0.5, 0.6) is 0 Å². The Morgan fingerprint density at radius 1 is 1.09 bits per heavy atom. The van der Waals surface area contributed by atoms with Crippen molar-refractivity contribution in [2.45, 2.75) is 26.7 Å². The highest BCUT2D eigenvalue weighted by Gasteiger charge is 2.26. The number of carbonyl (C=O) groups is 3. The standard InChI is InChI=1S/C15H28N4O3/c1-4-18(5-2)13(20)10-17(3)11-14(21)19-8-6-12(7-9-19)15(16)22/h12H,4-11H2,1-3H3,(H2,16,22). The molecule has 7 nitrogen and oxygen atoms in total. The van der Waals surface area contributed by atoms with Gasteiger partial charge >= 0.3 is 0 Å². The van der Waals surface area contributed by atoms with Gasteiger partial charge in [0.1, 0.15) is 0 Å². The molecule has 1 saturated heterocycles. The predicted molar refractivity (Wildman–Crippen MR) is 83.9 cm³/mol. The van der Waals surface area contributed by atoms with E-state index in [9.17, 15) is 14.4 Å². The van der Waals surface area contributed by atoms with Crippen molar-refractivity contribution < 1.29 is 14.4 Å². The lowest BCUT2D eigenvalue weighted by atomic mass is 9.96. The van der Waals surface area contributed by atoms with E-state index in [1.807, 2.05) is 13.8 Å². The maximum absolute atomic E-state index is 12.2. The average Bonchev–Trinajstić information content (AvgIpc) is 2.48. The first kappa shape index (κ1) is 18.4. The van der Waals surface area contributed by atoms with Gasteiger partial charge in [-0.05, 0) is 33.7 Å². The second kappa shape index (κ2) is 8.73. The molecular weight excluding hydrogens is 284 g/mol. The van der Waals surface area contributed by atoms with Crippen LogP contribution in [-0.2, 0) is 14.4 Å². The van der Waals surface area contributed by atoms with Gasteiger partial charge in [-0.2, -0.15) is 0 Å². The van der Waals surface area contributed by atoms with Crippen LogP contribution in [0, 0.1) is 5.92 Å². The zero-order valence-corrected chi connectivity index (χ0v) is 13.9. The summed E-state index contributed by atoms with van der Waals surface area (Å²) in [6, 6.07) is 0. The molecular formula is C15H28N4O3. The first-order valence-electron chi connectivity index (χ1n) is 7.92. The van der Waals surface area contributed by atoms with Crippen LogP contribution in [0.4, 0.5) is 0 Å². The van der Waals surface area contributed by atoms with E-state index < -0.39 is 0 Å². The number of nitrogens with two attached hydrogens (primary N) is 1. The first-order chi connectivity index (χ1) is 10.4. The summed E-state index contributed by atoms with van der Waals surface area (Å²) in [6.45, 7) is 6.81. The van der Waals surface area contributed by atoms with Crippen LogP contribution in [-0.4, -0.2) is 78.7 Å². The molecule has 1 aliphatic rings. The van der Waals surface area contributed by atoms with Gasteiger partial charge < -0.3 is 15.5 Å². The van der Waals surface area contributed by atoms with Crippen molar-refractivity contribution in [1.29, 1.82) is 0 Å². The number of hydrogen-bond acceptors (Lipinski definition) is 4. The summed E-state index contributed by atoms with van der Waals surface area (Å²) in [4.78, 5) is 40.6. The molecule has 0 aromatic heterocycles. The Balaban J connectivity index is 2.39. The Morgan fingerprint density at radius 3 is 2.09 bits per heavy atom. The first-order valence-corrected chi connectivity index (χ1v) is 7.92. The van der Waals surface area contributed by atoms with Gasteiger partial charge in [0.15, 0.2) is 0 Å². The van der Waals surface area contributed by atoms with Gasteiger partial charge in [0.05, 0.1) is 13.1 Å². The Bertz CT molecular complexity index is 402. The molecule has 2 N–H and O–H groups in total. The number of piperidine rings is 1. The number of hydrogen-bond donors (Lipinski definition) is 1. The van der Waals surface area contributed by atoms with E-state index in [1.165, 1.54) is 0 Å². The second-order valence-corrected chi connectivity index (χ2v) is 5.80. The third-order valence-corrected chi connectivity index (χ3v) is 4.18. The molecule has 0 bridgehead atoms. The van der Waals surface area contributed by atoms with E-state index in [1.54, 1.807) is 21.7 Å². The number of amides is 3. The molecule has 0 aromatic rings. The molecule has 0 aromatic carbocycles. The van der Waals surface area contributed by atoms with E-state index in [-0.39, 0.29) is 36.7 Å². The smallest absolute Gasteiger partial charge is 0.236 e. The summed E-state index contributed by atoms with van der Waals surface area (Å²) in [7, 11) is 1.77. The second-order valence-electron chi connectivity index (χ2n) is 5.80. The minimum absolute atomic E-state index is 0.00207. The van der Waals surface area contributed by atoms with Crippen molar-refractivity contribution in [1.82, 2.24) is 14.7 Å². The molecule has 1 aliphatic heterocycles. The summed E-state index contributed by atoms with van der Waals surface area (Å²) in [6.07, 6.45) is 1.26. The summed E-state index contributed by atoms with van der Waals surface area (Å²) >= 11 is 0. The van der Waals surface area contributed by atoms with Crippen molar-refractivity contribution >= 4 is 17.7 Å². The lowest BCUT2D eigenvalue weighted by Gasteiger charge is -2.32. The maximum Gasteiger partial charge on any atom is 0.236 e. The largest absolute Gasteiger partial charge is 0.369 e. The SMILES string of the molecule is CCN(CC)C(=O)CN(C)CC(=O)N1CCC(C(N)=O)CC1. The lowest BCUT2D eigenvalue weighted by Crippen LogP contribution is -2.47. The third-order valence-electron chi connectivity index (χ3n) is 4.18. The molecule has 0 aliphatic carbocycles. The number of nitrogens with zero attached hydrogens (tertiary/aromatic N) is 3. The number of carbonyl (C=O) groups excluding carboxylic acids is 3. The number of likely N-dealkylation sites (N-methyl/N-ethyl adjacent to an activating group) is 2. The Morgan fingerprint density at radius 2 is 1.64 bits per heavy atom. The van der Waals surface area contributed by atoms with Gasteiger partial charge in [-0.3, -0.25) is 19.3 Å². The fraction of sp³-hybridized carbons (Fsp3) is 0.800. The van der Waals surface area contributed by atoms with Crippen LogP contribution in [0.25, 0.3) is 0 Å². The molecule has 126 valence electrons. The number of rotatable bonds is 7. The fourth-order valence-corrected chi connectivity index (χ4v) is 2.71. The number of primary amides is 1. The van der Waals surface area contributed by atoms with Gasteiger partial charge in [0.25, 0.3) is 0 Å². The third kappa shape index (κ3) is 5.29. The average molecular weight is 312 g/mol. The monoisotopic (exact) mass is 312 g/mol. The summed E-state index contributed by atoms with van der Waals surface area (Å²) in [5.41, 5.74) is 5.29. The van der Waals surface area contributed by atoms with Gasteiger partial charge in [-0.25, -0.2) is 0 Å². The van der Waals surface area contributed by atoms with Crippen molar-refractivity contribution in [2.24, 2.45) is 11.7 Å². The summed E-state index contributed by atoms with van der Waals surface area (Å²) in [5, 5.41) is 0. The van der Waals surface area contributed by atoms with Crippen LogP contribution in [0.3, 0.4) is 0 Å². The molecule has 7 heteroatoms. The number of likely N-dealkylation sites (tertiary alicyclic amines) is 1. The van der Waals surface area contributed by atoms with Crippen LogP contribution < -0.4 is 5.73 Å². The molecule has 0 saturated carbocycles. The van der Waals surface area contributed by atoms with Gasteiger partial charge in [0.2, 0.25) is 17.7 Å². The van der Waals surface area contributed by atoms with Crippen molar-refractivity contribution in [3.63, 3.8) is 0 Å².